The summed E-state index contributed by atoms with van der Waals surface area (Å²) in [6.45, 7) is 8.66. The Morgan fingerprint density at radius 2 is 0.932 bits per heavy atom. The Bertz CT molecular complexity index is 1240. The van der Waals surface area contributed by atoms with E-state index in [1.54, 1.807) is 12.1 Å². The lowest BCUT2D eigenvalue weighted by molar-refractivity contribution is 0.479. The molecule has 2 N–H and O–H groups in total. The topological polar surface area (TPSA) is 109 Å². The van der Waals surface area contributed by atoms with E-state index in [0.29, 0.717) is 6.42 Å². The van der Waals surface area contributed by atoms with Crippen molar-refractivity contribution in [1.29, 1.82) is 0 Å². The summed E-state index contributed by atoms with van der Waals surface area (Å²) < 4.78 is 65.5. The lowest BCUT2D eigenvalue weighted by Gasteiger charge is -2.13. The van der Waals surface area contributed by atoms with Crippen LogP contribution in [-0.4, -0.2) is 25.9 Å². The summed E-state index contributed by atoms with van der Waals surface area (Å²) in [4.78, 5) is 0.217. The number of rotatable bonds is 22. The molecule has 0 fully saturated rings. The Balaban J connectivity index is 0.000000440. The quantitative estimate of drug-likeness (QED) is 0.0968. The molecule has 0 bridgehead atoms. The predicted molar refractivity (Wildman–Crippen MR) is 184 cm³/mol. The second-order valence-corrected chi connectivity index (χ2v) is 14.8. The molecule has 0 saturated carbocycles. The van der Waals surface area contributed by atoms with Gasteiger partial charge in [-0.15, -0.1) is 0 Å². The molecule has 2 rings (SSSR count). The summed E-state index contributed by atoms with van der Waals surface area (Å²) in [5.74, 6) is 0. The molecule has 44 heavy (non-hydrogen) atoms. The summed E-state index contributed by atoms with van der Waals surface area (Å²) in [5, 5.41) is 0. The minimum atomic E-state index is -4.13. The molecule has 0 aliphatic rings. The number of hydrogen-bond acceptors (Lipinski definition) is 4. The van der Waals surface area contributed by atoms with Gasteiger partial charge in [0.1, 0.15) is 0 Å². The summed E-state index contributed by atoms with van der Waals surface area (Å²) in [6.07, 6.45) is 21.3. The van der Waals surface area contributed by atoms with Crippen LogP contribution in [0.25, 0.3) is 0 Å². The fourth-order valence-electron chi connectivity index (χ4n) is 5.54. The molecular formula is C36H60O6S2. The molecular weight excluding hydrogens is 593 g/mol. The third-order valence-electron chi connectivity index (χ3n) is 8.12. The van der Waals surface area contributed by atoms with E-state index < -0.39 is 20.2 Å². The third-order valence-corrected chi connectivity index (χ3v) is 9.99. The van der Waals surface area contributed by atoms with Crippen molar-refractivity contribution in [3.63, 3.8) is 0 Å². The van der Waals surface area contributed by atoms with Crippen molar-refractivity contribution < 1.29 is 25.9 Å². The summed E-state index contributed by atoms with van der Waals surface area (Å²) in [6, 6.07) is 10.8. The average molecular weight is 653 g/mol. The maximum atomic E-state index is 11.6. The molecule has 0 aliphatic heterocycles. The monoisotopic (exact) mass is 652 g/mol. The van der Waals surface area contributed by atoms with Crippen molar-refractivity contribution in [3.8, 4) is 0 Å². The van der Waals surface area contributed by atoms with Gasteiger partial charge in [-0.1, -0.05) is 129 Å². The molecule has 252 valence electrons. The van der Waals surface area contributed by atoms with Gasteiger partial charge in [0.25, 0.3) is 20.2 Å². The van der Waals surface area contributed by atoms with E-state index in [1.165, 1.54) is 44.6 Å². The van der Waals surface area contributed by atoms with Crippen molar-refractivity contribution in [3.05, 3.63) is 58.7 Å². The average Bonchev–Trinajstić information content (AvgIpc) is 2.98. The summed E-state index contributed by atoms with van der Waals surface area (Å²) in [5.41, 5.74) is 3.66. The van der Waals surface area contributed by atoms with E-state index in [-0.39, 0.29) is 9.79 Å². The van der Waals surface area contributed by atoms with Crippen LogP contribution in [0.15, 0.2) is 46.2 Å². The standard InChI is InChI=1S/2C18H30O3S/c1-3-5-7-9-12-16-13-11-15-18(22(19,20)21)17(16)14-10-8-6-4-2;1-3-5-7-9-11-16-13-14-17(12-10-8-6-4-2)18(15-16)22(19,20)21/h11,13,15H,3-10,12,14H2,1-2H3,(H,19,20,21);13-15H,3-12H2,1-2H3,(H,19,20,21). The zero-order valence-electron chi connectivity index (χ0n) is 28.0. The molecule has 2 aromatic carbocycles. The van der Waals surface area contributed by atoms with E-state index >= 15 is 0 Å². The maximum absolute atomic E-state index is 11.6. The number of aryl methyl sites for hydroxylation is 3. The van der Waals surface area contributed by atoms with Gasteiger partial charge in [-0.05, 0) is 85.8 Å². The van der Waals surface area contributed by atoms with E-state index in [2.05, 4.69) is 27.7 Å². The van der Waals surface area contributed by atoms with Crippen molar-refractivity contribution >= 4 is 20.2 Å². The molecule has 0 amide bonds. The minimum absolute atomic E-state index is 0.108. The second kappa shape index (κ2) is 22.7. The molecule has 8 heteroatoms. The Morgan fingerprint density at radius 3 is 1.41 bits per heavy atom. The van der Waals surface area contributed by atoms with E-state index in [0.717, 1.165) is 106 Å². The van der Waals surface area contributed by atoms with Crippen LogP contribution < -0.4 is 0 Å². The van der Waals surface area contributed by atoms with Gasteiger partial charge in [0.05, 0.1) is 9.79 Å². The van der Waals surface area contributed by atoms with Crippen LogP contribution in [0.3, 0.4) is 0 Å². The first kappa shape index (κ1) is 40.3. The molecule has 0 aliphatic carbocycles. The SMILES string of the molecule is CCCCCCc1ccc(CCCCCC)c(S(=O)(=O)O)c1.CCCCCCc1cccc(S(=O)(=O)O)c1CCCCCC. The van der Waals surface area contributed by atoms with Gasteiger partial charge < -0.3 is 0 Å². The summed E-state index contributed by atoms with van der Waals surface area (Å²) >= 11 is 0. The molecule has 0 aromatic heterocycles. The van der Waals surface area contributed by atoms with Gasteiger partial charge in [0.15, 0.2) is 0 Å². The van der Waals surface area contributed by atoms with Gasteiger partial charge >= 0.3 is 0 Å². The maximum Gasteiger partial charge on any atom is 0.294 e. The Hall–Kier alpha value is -1.74. The first-order valence-electron chi connectivity index (χ1n) is 17.2. The fourth-order valence-corrected chi connectivity index (χ4v) is 7.14. The van der Waals surface area contributed by atoms with Crippen molar-refractivity contribution in [2.24, 2.45) is 0 Å². The van der Waals surface area contributed by atoms with Gasteiger partial charge in [-0.2, -0.15) is 16.8 Å². The number of unbranched alkanes of at least 4 members (excludes halogenated alkanes) is 12. The smallest absolute Gasteiger partial charge is 0.282 e. The van der Waals surface area contributed by atoms with Crippen molar-refractivity contribution in [1.82, 2.24) is 0 Å². The zero-order chi connectivity index (χ0) is 32.8. The molecule has 0 unspecified atom stereocenters. The van der Waals surface area contributed by atoms with Crippen LogP contribution in [0, 0.1) is 0 Å². The van der Waals surface area contributed by atoms with Crippen LogP contribution in [0.4, 0.5) is 0 Å². The van der Waals surface area contributed by atoms with Crippen LogP contribution in [0.2, 0.25) is 0 Å². The highest BCUT2D eigenvalue weighted by molar-refractivity contribution is 7.86. The van der Waals surface area contributed by atoms with Crippen LogP contribution in [0.5, 0.6) is 0 Å². The van der Waals surface area contributed by atoms with E-state index in [1.807, 2.05) is 18.2 Å². The minimum Gasteiger partial charge on any atom is -0.282 e. The molecule has 2 aromatic rings. The van der Waals surface area contributed by atoms with Crippen LogP contribution >= 0.6 is 0 Å². The molecule has 6 nitrogen and oxygen atoms in total. The zero-order valence-corrected chi connectivity index (χ0v) is 29.6. The lowest BCUT2D eigenvalue weighted by Crippen LogP contribution is -2.07. The molecule has 0 spiro atoms. The molecule has 0 heterocycles. The first-order valence-corrected chi connectivity index (χ1v) is 20.0. The highest BCUT2D eigenvalue weighted by atomic mass is 32.2. The van der Waals surface area contributed by atoms with Gasteiger partial charge in [-0.25, -0.2) is 0 Å². The normalized spacial score (nSPS) is 11.8. The van der Waals surface area contributed by atoms with Crippen molar-refractivity contribution in [2.75, 3.05) is 0 Å². The fraction of sp³-hybridized carbons (Fsp3) is 0.667. The van der Waals surface area contributed by atoms with Gasteiger partial charge in [-0.3, -0.25) is 9.11 Å². The van der Waals surface area contributed by atoms with Gasteiger partial charge in [0.2, 0.25) is 0 Å². The highest BCUT2D eigenvalue weighted by Gasteiger charge is 2.18. The first-order chi connectivity index (χ1) is 21.0. The van der Waals surface area contributed by atoms with Crippen molar-refractivity contribution in [2.45, 2.75) is 166 Å². The lowest BCUT2D eigenvalue weighted by atomic mass is 9.96. The predicted octanol–water partition coefficient (Wildman–Crippen LogP) is 10.4. The molecule has 0 saturated heterocycles. The number of hydrogen-bond donors (Lipinski definition) is 2. The van der Waals surface area contributed by atoms with E-state index in [4.69, 9.17) is 0 Å². The Kier molecular flexibility index (Phi) is 20.8. The number of benzene rings is 2. The Morgan fingerprint density at radius 1 is 0.477 bits per heavy atom. The van der Waals surface area contributed by atoms with E-state index in [9.17, 15) is 25.9 Å². The van der Waals surface area contributed by atoms with Crippen LogP contribution in [-0.2, 0) is 45.9 Å². The highest BCUT2D eigenvalue weighted by Crippen LogP contribution is 2.25. The molecule has 0 radical (unpaired) electrons. The third kappa shape index (κ3) is 16.5. The summed E-state index contributed by atoms with van der Waals surface area (Å²) in [7, 11) is -8.27. The Labute approximate surface area is 270 Å². The van der Waals surface area contributed by atoms with Crippen LogP contribution in [0.1, 0.15) is 153 Å². The second-order valence-electron chi connectivity index (χ2n) is 12.0. The largest absolute Gasteiger partial charge is 0.294 e. The molecule has 0 atom stereocenters. The van der Waals surface area contributed by atoms with Gasteiger partial charge in [0, 0.05) is 0 Å².